The van der Waals surface area contributed by atoms with Gasteiger partial charge in [-0.2, -0.15) is 0 Å². The van der Waals surface area contributed by atoms with Crippen molar-refractivity contribution in [2.24, 2.45) is 0 Å². The van der Waals surface area contributed by atoms with E-state index in [4.69, 9.17) is 0 Å². The van der Waals surface area contributed by atoms with Crippen LogP contribution >= 0.6 is 0 Å². The number of rotatable bonds is 4. The van der Waals surface area contributed by atoms with Crippen LogP contribution in [0.15, 0.2) is 46.1 Å². The van der Waals surface area contributed by atoms with Crippen LogP contribution in [0.4, 0.5) is 0 Å². The Morgan fingerprint density at radius 2 is 1.88 bits per heavy atom. The number of amides is 1. The maximum absolute atomic E-state index is 12.2. The molecule has 24 heavy (non-hydrogen) atoms. The summed E-state index contributed by atoms with van der Waals surface area (Å²) in [5.74, 6) is -2.16. The number of carboxylic acid groups (broad SMARTS) is 1. The number of fused-ring (bicyclic) bond motifs is 1. The lowest BCUT2D eigenvalue weighted by molar-refractivity contribution is -0.139. The molecule has 0 unspecified atom stereocenters. The monoisotopic (exact) mass is 328 g/mol. The minimum atomic E-state index is -1.35. The largest absolute Gasteiger partial charge is 0.479 e. The van der Waals surface area contributed by atoms with E-state index in [0.717, 1.165) is 11.6 Å². The topological polar surface area (TPSA) is 148 Å². The van der Waals surface area contributed by atoms with Crippen molar-refractivity contribution in [2.75, 3.05) is 0 Å². The van der Waals surface area contributed by atoms with E-state index in [1.54, 1.807) is 24.3 Å². The third-order valence-electron chi connectivity index (χ3n) is 3.46. The zero-order chi connectivity index (χ0) is 17.3. The fraction of sp³-hybridized carbons (Fsp3) is 0.0667. The predicted octanol–water partition coefficient (Wildman–Crippen LogP) is 0.100. The number of H-pyrrole nitrogens is 3. The third kappa shape index (κ3) is 2.82. The van der Waals surface area contributed by atoms with Gasteiger partial charge in [-0.3, -0.25) is 14.6 Å². The molecule has 0 saturated heterocycles. The predicted molar refractivity (Wildman–Crippen MR) is 83.8 cm³/mol. The Bertz CT molecular complexity index is 1020. The molecule has 1 aromatic carbocycles. The number of para-hydroxylation sites is 1. The average Bonchev–Trinajstić information content (AvgIpc) is 2.95. The molecule has 0 saturated carbocycles. The number of carbonyl (C=O) groups excluding carboxylic acids is 1. The number of hydrogen-bond acceptors (Lipinski definition) is 4. The average molecular weight is 328 g/mol. The molecule has 0 aliphatic heterocycles. The zero-order valence-electron chi connectivity index (χ0n) is 12.1. The highest BCUT2D eigenvalue weighted by Crippen LogP contribution is 2.24. The number of carbonyl (C=O) groups is 2. The van der Waals surface area contributed by atoms with Gasteiger partial charge in [-0.15, -0.1) is 0 Å². The van der Waals surface area contributed by atoms with Crippen molar-refractivity contribution in [1.29, 1.82) is 0 Å². The van der Waals surface area contributed by atoms with Crippen LogP contribution in [-0.2, 0) is 4.79 Å². The lowest BCUT2D eigenvalue weighted by atomic mass is 10.1. The van der Waals surface area contributed by atoms with E-state index >= 15 is 0 Å². The molecule has 2 heterocycles. The first-order valence-electron chi connectivity index (χ1n) is 6.89. The van der Waals surface area contributed by atoms with Gasteiger partial charge in [0, 0.05) is 28.7 Å². The van der Waals surface area contributed by atoms with E-state index in [1.807, 2.05) is 4.98 Å². The second-order valence-electron chi connectivity index (χ2n) is 5.04. The van der Waals surface area contributed by atoms with Gasteiger partial charge in [0.1, 0.15) is 5.69 Å². The van der Waals surface area contributed by atoms with Gasteiger partial charge >= 0.3 is 11.7 Å². The first kappa shape index (κ1) is 15.3. The van der Waals surface area contributed by atoms with Crippen molar-refractivity contribution >= 4 is 22.8 Å². The molecule has 1 atom stereocenters. The summed E-state index contributed by atoms with van der Waals surface area (Å²) in [6.07, 6.45) is 1.49. The van der Waals surface area contributed by atoms with Crippen molar-refractivity contribution in [3.05, 3.63) is 68.6 Å². The Morgan fingerprint density at radius 1 is 1.12 bits per heavy atom. The van der Waals surface area contributed by atoms with Gasteiger partial charge in [-0.05, 0) is 6.07 Å². The number of aromatic amines is 3. The SMILES string of the molecule is O=C(N[C@@H](C(=O)O)c1c[nH]c2ccccc12)c1cc(=O)[nH]c(=O)[nH]1. The molecule has 122 valence electrons. The number of nitrogens with one attached hydrogen (secondary N) is 4. The maximum Gasteiger partial charge on any atom is 0.331 e. The fourth-order valence-electron chi connectivity index (χ4n) is 2.41. The Hall–Kier alpha value is -3.62. The first-order valence-corrected chi connectivity index (χ1v) is 6.89. The van der Waals surface area contributed by atoms with E-state index in [0.29, 0.717) is 10.9 Å². The smallest absolute Gasteiger partial charge is 0.331 e. The molecule has 0 aliphatic carbocycles. The maximum atomic E-state index is 12.2. The van der Waals surface area contributed by atoms with Crippen LogP contribution in [0.2, 0.25) is 0 Å². The Labute approximate surface area is 133 Å². The lowest BCUT2D eigenvalue weighted by Crippen LogP contribution is -2.36. The summed E-state index contributed by atoms with van der Waals surface area (Å²) in [5, 5.41) is 12.4. The molecule has 0 bridgehead atoms. The number of aliphatic carboxylic acids is 1. The van der Waals surface area contributed by atoms with Crippen molar-refractivity contribution in [2.45, 2.75) is 6.04 Å². The Morgan fingerprint density at radius 3 is 2.58 bits per heavy atom. The summed E-state index contributed by atoms with van der Waals surface area (Å²) >= 11 is 0. The van der Waals surface area contributed by atoms with Crippen LogP contribution in [0, 0.1) is 0 Å². The highest BCUT2D eigenvalue weighted by atomic mass is 16.4. The van der Waals surface area contributed by atoms with Gasteiger partial charge in [0.2, 0.25) is 0 Å². The number of hydrogen-bond donors (Lipinski definition) is 5. The van der Waals surface area contributed by atoms with Crippen LogP contribution in [0.5, 0.6) is 0 Å². The molecule has 5 N–H and O–H groups in total. The zero-order valence-corrected chi connectivity index (χ0v) is 12.1. The minimum absolute atomic E-state index is 0.324. The summed E-state index contributed by atoms with van der Waals surface area (Å²) in [4.78, 5) is 53.3. The molecular weight excluding hydrogens is 316 g/mol. The normalized spacial score (nSPS) is 12.0. The van der Waals surface area contributed by atoms with Crippen LogP contribution in [-0.4, -0.2) is 31.9 Å². The van der Waals surface area contributed by atoms with Gasteiger partial charge in [0.05, 0.1) is 0 Å². The van der Waals surface area contributed by atoms with E-state index < -0.39 is 29.2 Å². The van der Waals surface area contributed by atoms with Gasteiger partial charge in [0.15, 0.2) is 6.04 Å². The third-order valence-corrected chi connectivity index (χ3v) is 3.46. The van der Waals surface area contributed by atoms with Crippen LogP contribution in [0.25, 0.3) is 10.9 Å². The number of aromatic nitrogens is 3. The molecule has 1 amide bonds. The van der Waals surface area contributed by atoms with Crippen LogP contribution in [0.1, 0.15) is 22.1 Å². The second-order valence-corrected chi connectivity index (χ2v) is 5.04. The molecule has 9 heteroatoms. The van der Waals surface area contributed by atoms with Gasteiger partial charge in [-0.25, -0.2) is 9.59 Å². The summed E-state index contributed by atoms with van der Waals surface area (Å²) in [7, 11) is 0. The summed E-state index contributed by atoms with van der Waals surface area (Å²) in [6.45, 7) is 0. The molecule has 0 aliphatic rings. The van der Waals surface area contributed by atoms with E-state index in [-0.39, 0.29) is 5.69 Å². The fourth-order valence-corrected chi connectivity index (χ4v) is 2.41. The highest BCUT2D eigenvalue weighted by molar-refractivity contribution is 5.97. The quantitative estimate of drug-likeness (QED) is 0.460. The van der Waals surface area contributed by atoms with Gasteiger partial charge < -0.3 is 20.4 Å². The summed E-state index contributed by atoms with van der Waals surface area (Å²) in [5.41, 5.74) is -0.861. The summed E-state index contributed by atoms with van der Waals surface area (Å²) in [6, 6.07) is 6.56. The molecule has 2 aromatic heterocycles. The molecule has 3 aromatic rings. The van der Waals surface area contributed by atoms with Crippen molar-refractivity contribution in [1.82, 2.24) is 20.3 Å². The molecule has 0 fully saturated rings. The standard InChI is InChI=1S/C15H12N4O5/c20-11-5-10(17-15(24)18-11)13(21)19-12(14(22)23)8-6-16-9-4-2-1-3-7(8)9/h1-6,12,16H,(H,19,21)(H,22,23)(H2,17,18,20,24)/t12-/m1/s1. The van der Waals surface area contributed by atoms with Gasteiger partial charge in [-0.1, -0.05) is 18.2 Å². The van der Waals surface area contributed by atoms with E-state index in [1.165, 1.54) is 6.20 Å². The Balaban J connectivity index is 1.98. The van der Waals surface area contributed by atoms with Crippen LogP contribution < -0.4 is 16.6 Å². The van der Waals surface area contributed by atoms with E-state index in [2.05, 4.69) is 15.3 Å². The lowest BCUT2D eigenvalue weighted by Gasteiger charge is -2.13. The number of benzene rings is 1. The van der Waals surface area contributed by atoms with E-state index in [9.17, 15) is 24.3 Å². The second kappa shape index (κ2) is 5.88. The molecule has 3 rings (SSSR count). The molecule has 9 nitrogen and oxygen atoms in total. The summed E-state index contributed by atoms with van der Waals surface area (Å²) < 4.78 is 0. The van der Waals surface area contributed by atoms with Crippen molar-refractivity contribution < 1.29 is 14.7 Å². The molecule has 0 radical (unpaired) electrons. The Kier molecular flexibility index (Phi) is 3.74. The van der Waals surface area contributed by atoms with Gasteiger partial charge in [0.25, 0.3) is 11.5 Å². The minimum Gasteiger partial charge on any atom is -0.479 e. The van der Waals surface area contributed by atoms with Crippen molar-refractivity contribution in [3.8, 4) is 0 Å². The van der Waals surface area contributed by atoms with Crippen LogP contribution in [0.3, 0.4) is 0 Å². The molecule has 0 spiro atoms. The first-order chi connectivity index (χ1) is 11.5. The molecular formula is C15H12N4O5. The van der Waals surface area contributed by atoms with Crippen molar-refractivity contribution in [3.63, 3.8) is 0 Å². The highest BCUT2D eigenvalue weighted by Gasteiger charge is 2.25. The number of carboxylic acids is 1.